The lowest BCUT2D eigenvalue weighted by Crippen LogP contribution is -2.48. The zero-order valence-corrected chi connectivity index (χ0v) is 31.3. The fourth-order valence-corrected chi connectivity index (χ4v) is 5.29. The normalized spacial score (nSPS) is 13.6. The van der Waals surface area contributed by atoms with E-state index < -0.39 is 5.97 Å². The fraction of sp³-hybridized carbons (Fsp3) is 0.316. The number of pyridine rings is 2. The summed E-state index contributed by atoms with van der Waals surface area (Å²) >= 11 is 3.26. The molecule has 0 unspecified atom stereocenters. The van der Waals surface area contributed by atoms with Crippen LogP contribution in [-0.2, 0) is 30.8 Å². The Balaban J connectivity index is 0.000000196. The lowest BCUT2D eigenvalue weighted by atomic mass is 10.2. The Morgan fingerprint density at radius 3 is 1.66 bits per heavy atom. The molecular weight excluding hydrogens is 748 g/mol. The number of hydrogen-bond donors (Lipinski definition) is 1. The van der Waals surface area contributed by atoms with Gasteiger partial charge in [0.25, 0.3) is 0 Å². The SMILES string of the molecule is COC(=O)c1ccc(CBr)nc1.COC(=O)c1ccc(CN(C(=O)N2CCOCC2)c2ccccc2)nc1.O=C(Nc1ccccc1)N1CCOCC1. The fourth-order valence-electron chi connectivity index (χ4n) is 4.95. The van der Waals surface area contributed by atoms with Gasteiger partial charge in [0.15, 0.2) is 0 Å². The number of urea groups is 2. The first kappa shape index (κ1) is 40.4. The van der Waals surface area contributed by atoms with Crippen molar-refractivity contribution in [1.29, 1.82) is 0 Å². The van der Waals surface area contributed by atoms with Gasteiger partial charge in [-0.2, -0.15) is 0 Å². The first-order valence-corrected chi connectivity index (χ1v) is 18.0. The van der Waals surface area contributed by atoms with E-state index in [9.17, 15) is 19.2 Å². The molecule has 4 aromatic rings. The van der Waals surface area contributed by atoms with Crippen molar-refractivity contribution in [3.8, 4) is 0 Å². The number of amides is 4. The predicted molar refractivity (Wildman–Crippen MR) is 202 cm³/mol. The standard InChI is InChI=1S/C19H21N3O4.C11H14N2O2.C8H8BrNO2/c1-25-18(23)15-7-8-16(20-13-15)14-22(17-5-3-2-4-6-17)19(24)21-9-11-26-12-10-21;14-11(13-6-8-15-9-7-13)12-10-4-2-1-3-5-10;1-12-8(11)6-2-3-7(4-9)10-5-6/h2-8,13H,9-12,14H2,1H3;1-5H,6-9H2,(H,12,14);2-3,5H,4H2,1H3. The Bertz CT molecular complexity index is 1720. The number of methoxy groups -OCH3 is 2. The maximum absolute atomic E-state index is 13.0. The summed E-state index contributed by atoms with van der Waals surface area (Å²) < 4.78 is 19.7. The van der Waals surface area contributed by atoms with E-state index in [4.69, 9.17) is 9.47 Å². The maximum atomic E-state index is 13.0. The van der Waals surface area contributed by atoms with Crippen LogP contribution in [0.1, 0.15) is 32.1 Å². The van der Waals surface area contributed by atoms with Crippen molar-refractivity contribution < 1.29 is 38.1 Å². The molecule has 53 heavy (non-hydrogen) atoms. The quantitative estimate of drug-likeness (QED) is 0.184. The lowest BCUT2D eigenvalue weighted by molar-refractivity contribution is 0.0548. The molecule has 6 rings (SSSR count). The molecular formula is C38H43BrN6O8. The molecule has 15 heteroatoms. The highest BCUT2D eigenvalue weighted by atomic mass is 79.9. The number of para-hydroxylation sites is 2. The summed E-state index contributed by atoms with van der Waals surface area (Å²) in [5.74, 6) is -0.794. The van der Waals surface area contributed by atoms with Gasteiger partial charge in [0, 0.05) is 55.3 Å². The van der Waals surface area contributed by atoms with E-state index in [0.717, 1.165) is 17.1 Å². The minimum atomic E-state index is -0.437. The van der Waals surface area contributed by atoms with Crippen LogP contribution in [0, 0.1) is 0 Å². The number of nitrogens with zero attached hydrogens (tertiary/aromatic N) is 5. The summed E-state index contributed by atoms with van der Waals surface area (Å²) in [5, 5.41) is 3.53. The van der Waals surface area contributed by atoms with E-state index in [-0.39, 0.29) is 18.0 Å². The van der Waals surface area contributed by atoms with E-state index in [1.807, 2.05) is 60.7 Å². The monoisotopic (exact) mass is 790 g/mol. The second kappa shape index (κ2) is 21.9. The molecule has 0 bridgehead atoms. The third-order valence-electron chi connectivity index (χ3n) is 7.85. The van der Waals surface area contributed by atoms with Gasteiger partial charge in [-0.3, -0.25) is 14.9 Å². The lowest BCUT2D eigenvalue weighted by Gasteiger charge is -2.33. The molecule has 2 aliphatic rings. The Labute approximate surface area is 317 Å². The average Bonchev–Trinajstić information content (AvgIpc) is 3.24. The third kappa shape index (κ3) is 13.0. The summed E-state index contributed by atoms with van der Waals surface area (Å²) in [6.45, 7) is 5.11. The number of hydrogen-bond acceptors (Lipinski definition) is 10. The number of rotatable bonds is 7. The van der Waals surface area contributed by atoms with Crippen LogP contribution in [0.15, 0.2) is 97.3 Å². The van der Waals surface area contributed by atoms with Crippen LogP contribution < -0.4 is 10.2 Å². The van der Waals surface area contributed by atoms with Crippen molar-refractivity contribution in [3.05, 3.63) is 120 Å². The van der Waals surface area contributed by atoms with Crippen LogP contribution in [0.4, 0.5) is 21.0 Å². The zero-order valence-electron chi connectivity index (χ0n) is 29.7. The molecule has 2 saturated heterocycles. The van der Waals surface area contributed by atoms with Gasteiger partial charge in [0.1, 0.15) is 0 Å². The van der Waals surface area contributed by atoms with E-state index in [0.29, 0.717) is 81.3 Å². The van der Waals surface area contributed by atoms with Crippen LogP contribution in [0.3, 0.4) is 0 Å². The van der Waals surface area contributed by atoms with Crippen molar-refractivity contribution in [3.63, 3.8) is 0 Å². The Morgan fingerprint density at radius 2 is 1.19 bits per heavy atom. The molecule has 2 aliphatic heterocycles. The molecule has 2 aromatic heterocycles. The number of anilines is 2. The van der Waals surface area contributed by atoms with Gasteiger partial charge < -0.3 is 34.1 Å². The van der Waals surface area contributed by atoms with E-state index >= 15 is 0 Å². The summed E-state index contributed by atoms with van der Waals surface area (Å²) in [6.07, 6.45) is 2.96. The molecule has 280 valence electrons. The minimum absolute atomic E-state index is 0.0514. The van der Waals surface area contributed by atoms with Crippen LogP contribution in [0.25, 0.3) is 0 Å². The number of nitrogens with one attached hydrogen (secondary N) is 1. The highest BCUT2D eigenvalue weighted by molar-refractivity contribution is 9.08. The number of esters is 2. The molecule has 0 saturated carbocycles. The number of benzene rings is 2. The van der Waals surface area contributed by atoms with Crippen LogP contribution in [0.5, 0.6) is 0 Å². The van der Waals surface area contributed by atoms with Crippen molar-refractivity contribution in [2.24, 2.45) is 0 Å². The molecule has 4 amide bonds. The van der Waals surface area contributed by atoms with Crippen molar-refractivity contribution >= 4 is 51.3 Å². The van der Waals surface area contributed by atoms with Crippen molar-refractivity contribution in [2.75, 3.05) is 77.0 Å². The molecule has 1 N–H and O–H groups in total. The number of morpholine rings is 2. The summed E-state index contributed by atoms with van der Waals surface area (Å²) in [5.41, 5.74) is 4.05. The molecule has 14 nitrogen and oxygen atoms in total. The van der Waals surface area contributed by atoms with Gasteiger partial charge in [-0.05, 0) is 48.5 Å². The van der Waals surface area contributed by atoms with Gasteiger partial charge in [0.2, 0.25) is 0 Å². The second-order valence-corrected chi connectivity index (χ2v) is 12.0. The first-order valence-electron chi connectivity index (χ1n) is 16.8. The van der Waals surface area contributed by atoms with Gasteiger partial charge in [-0.15, -0.1) is 0 Å². The van der Waals surface area contributed by atoms with Gasteiger partial charge >= 0.3 is 24.0 Å². The minimum Gasteiger partial charge on any atom is -0.465 e. The summed E-state index contributed by atoms with van der Waals surface area (Å²) in [7, 11) is 2.68. The molecule has 4 heterocycles. The van der Waals surface area contributed by atoms with Gasteiger partial charge in [0.05, 0.1) is 69.7 Å². The third-order valence-corrected chi connectivity index (χ3v) is 8.43. The van der Waals surface area contributed by atoms with E-state index in [2.05, 4.69) is 40.7 Å². The topological polar surface area (TPSA) is 153 Å². The van der Waals surface area contributed by atoms with E-state index in [1.54, 1.807) is 39.0 Å². The van der Waals surface area contributed by atoms with E-state index in [1.165, 1.54) is 26.6 Å². The Kier molecular flexibility index (Phi) is 16.7. The average molecular weight is 792 g/mol. The molecule has 0 atom stereocenters. The number of halogens is 1. The zero-order chi connectivity index (χ0) is 37.8. The molecule has 0 spiro atoms. The number of carbonyl (C=O) groups is 4. The van der Waals surface area contributed by atoms with Crippen LogP contribution in [0.2, 0.25) is 0 Å². The number of carbonyl (C=O) groups excluding carboxylic acids is 4. The molecule has 0 aliphatic carbocycles. The van der Waals surface area contributed by atoms with Crippen LogP contribution >= 0.6 is 15.9 Å². The molecule has 2 fully saturated rings. The molecule has 0 radical (unpaired) electrons. The number of aromatic nitrogens is 2. The van der Waals surface area contributed by atoms with Crippen molar-refractivity contribution in [2.45, 2.75) is 11.9 Å². The van der Waals surface area contributed by atoms with Gasteiger partial charge in [-0.25, -0.2) is 19.2 Å². The predicted octanol–water partition coefficient (Wildman–Crippen LogP) is 5.64. The molecule has 2 aromatic carbocycles. The smallest absolute Gasteiger partial charge is 0.339 e. The highest BCUT2D eigenvalue weighted by Crippen LogP contribution is 2.19. The number of alkyl halides is 1. The first-order chi connectivity index (χ1) is 25.8. The Hall–Kier alpha value is -5.38. The Morgan fingerprint density at radius 1 is 0.698 bits per heavy atom. The summed E-state index contributed by atoms with van der Waals surface area (Å²) in [4.78, 5) is 60.8. The van der Waals surface area contributed by atoms with Crippen molar-refractivity contribution in [1.82, 2.24) is 19.8 Å². The largest absolute Gasteiger partial charge is 0.465 e. The van der Waals surface area contributed by atoms with Crippen LogP contribution in [-0.4, -0.2) is 111 Å². The van der Waals surface area contributed by atoms with Gasteiger partial charge in [-0.1, -0.05) is 52.3 Å². The highest BCUT2D eigenvalue weighted by Gasteiger charge is 2.25. The number of ether oxygens (including phenoxy) is 4. The summed E-state index contributed by atoms with van der Waals surface area (Å²) in [6, 6.07) is 25.6. The second-order valence-electron chi connectivity index (χ2n) is 11.4. The maximum Gasteiger partial charge on any atom is 0.339 e.